The molecule has 1 fully saturated rings. The lowest BCUT2D eigenvalue weighted by Gasteiger charge is -2.35. The number of hydrogen-bond acceptors (Lipinski definition) is 4. The average molecular weight is 693 g/mol. The second-order valence-corrected chi connectivity index (χ2v) is 14.7. The van der Waals surface area contributed by atoms with Crippen LogP contribution in [0.25, 0.3) is 0 Å². The second-order valence-electron chi connectivity index (χ2n) is 12.0. The van der Waals surface area contributed by atoms with E-state index in [4.69, 9.17) is 23.2 Å². The van der Waals surface area contributed by atoms with Gasteiger partial charge in [0.05, 0.1) is 10.6 Å². The summed E-state index contributed by atoms with van der Waals surface area (Å²) < 4.78 is 29.5. The van der Waals surface area contributed by atoms with Gasteiger partial charge in [0.1, 0.15) is 12.6 Å². The largest absolute Gasteiger partial charge is 0.352 e. The third-order valence-corrected chi connectivity index (χ3v) is 10.8. The Morgan fingerprint density at radius 3 is 2.09 bits per heavy atom. The molecule has 0 saturated heterocycles. The number of hydrogen-bond donors (Lipinski definition) is 1. The third kappa shape index (κ3) is 8.95. The van der Waals surface area contributed by atoms with Crippen LogP contribution in [0.3, 0.4) is 0 Å². The van der Waals surface area contributed by atoms with Crippen molar-refractivity contribution in [1.29, 1.82) is 0 Å². The Bertz CT molecular complexity index is 1760. The van der Waals surface area contributed by atoms with Crippen LogP contribution in [0.4, 0.5) is 5.69 Å². The zero-order chi connectivity index (χ0) is 33.4. The Balaban J connectivity index is 1.58. The van der Waals surface area contributed by atoms with E-state index in [1.807, 2.05) is 30.3 Å². The van der Waals surface area contributed by atoms with Gasteiger partial charge in [-0.05, 0) is 72.9 Å². The lowest BCUT2D eigenvalue weighted by molar-refractivity contribution is -0.140. The van der Waals surface area contributed by atoms with Gasteiger partial charge in [-0.1, -0.05) is 109 Å². The third-order valence-electron chi connectivity index (χ3n) is 8.54. The smallest absolute Gasteiger partial charge is 0.264 e. The number of halogens is 2. The number of benzene rings is 4. The molecule has 4 aromatic rings. The molecule has 1 N–H and O–H groups in total. The van der Waals surface area contributed by atoms with Crippen LogP contribution >= 0.6 is 23.2 Å². The van der Waals surface area contributed by atoms with Crippen LogP contribution in [-0.2, 0) is 32.6 Å². The van der Waals surface area contributed by atoms with E-state index in [0.717, 1.165) is 47.5 Å². The lowest BCUT2D eigenvalue weighted by atomic mass is 9.94. The van der Waals surface area contributed by atoms with E-state index >= 15 is 0 Å². The van der Waals surface area contributed by atoms with Gasteiger partial charge < -0.3 is 10.2 Å². The summed E-state index contributed by atoms with van der Waals surface area (Å²) in [5.74, 6) is -0.793. The molecule has 4 aromatic carbocycles. The minimum atomic E-state index is -4.22. The van der Waals surface area contributed by atoms with Crippen molar-refractivity contribution >= 4 is 50.7 Å². The fourth-order valence-corrected chi connectivity index (χ4v) is 7.75. The molecule has 2 amide bonds. The van der Waals surface area contributed by atoms with Crippen LogP contribution in [0, 0.1) is 6.92 Å². The molecule has 0 unspecified atom stereocenters. The molecule has 1 aliphatic rings. The number of sulfonamides is 1. The second kappa shape index (κ2) is 15.8. The highest BCUT2D eigenvalue weighted by Crippen LogP contribution is 2.30. The minimum absolute atomic E-state index is 0.0195. The first-order chi connectivity index (χ1) is 22.6. The Morgan fingerprint density at radius 2 is 1.43 bits per heavy atom. The van der Waals surface area contributed by atoms with Crippen LogP contribution in [-0.4, -0.2) is 43.8 Å². The first kappa shape index (κ1) is 34.5. The fraction of sp³-hybridized carbons (Fsp3) is 0.297. The van der Waals surface area contributed by atoms with Crippen molar-refractivity contribution in [1.82, 2.24) is 10.2 Å². The predicted molar refractivity (Wildman–Crippen MR) is 188 cm³/mol. The maximum absolute atomic E-state index is 14.7. The molecule has 0 heterocycles. The number of carbonyl (C=O) groups is 2. The number of anilines is 1. The van der Waals surface area contributed by atoms with E-state index in [1.165, 1.54) is 17.0 Å². The molecule has 246 valence electrons. The SMILES string of the molecule is Cc1ccc(Cl)cc1N(CC(=O)N(Cc1ccc(Cl)cc1)[C@H](Cc1ccccc1)C(=O)NC1CCCCC1)S(=O)(=O)c1ccccc1. The summed E-state index contributed by atoms with van der Waals surface area (Å²) in [6.45, 7) is 1.29. The van der Waals surface area contributed by atoms with E-state index in [1.54, 1.807) is 67.6 Å². The first-order valence-electron chi connectivity index (χ1n) is 15.8. The van der Waals surface area contributed by atoms with Gasteiger partial charge in [-0.3, -0.25) is 13.9 Å². The van der Waals surface area contributed by atoms with Crippen molar-refractivity contribution in [2.24, 2.45) is 0 Å². The maximum Gasteiger partial charge on any atom is 0.264 e. The van der Waals surface area contributed by atoms with Gasteiger partial charge >= 0.3 is 0 Å². The predicted octanol–water partition coefficient (Wildman–Crippen LogP) is 7.59. The molecule has 0 radical (unpaired) electrons. The van der Waals surface area contributed by atoms with Crippen LogP contribution in [0.1, 0.15) is 48.8 Å². The van der Waals surface area contributed by atoms with Crippen LogP contribution in [0.15, 0.2) is 108 Å². The number of rotatable bonds is 12. The highest BCUT2D eigenvalue weighted by Gasteiger charge is 2.36. The molecule has 7 nitrogen and oxygen atoms in total. The monoisotopic (exact) mass is 691 g/mol. The van der Waals surface area contributed by atoms with Crippen LogP contribution < -0.4 is 9.62 Å². The van der Waals surface area contributed by atoms with E-state index in [9.17, 15) is 18.0 Å². The molecule has 1 aliphatic carbocycles. The molecular weight excluding hydrogens is 653 g/mol. The molecular formula is C37H39Cl2N3O4S. The lowest BCUT2D eigenvalue weighted by Crippen LogP contribution is -2.55. The fourth-order valence-electron chi connectivity index (χ4n) is 5.97. The zero-order valence-electron chi connectivity index (χ0n) is 26.3. The number of nitrogens with one attached hydrogen (secondary N) is 1. The van der Waals surface area contributed by atoms with Gasteiger partial charge in [-0.25, -0.2) is 8.42 Å². The summed E-state index contributed by atoms with van der Waals surface area (Å²) in [7, 11) is -4.22. The topological polar surface area (TPSA) is 86.8 Å². The summed E-state index contributed by atoms with van der Waals surface area (Å²) in [6.07, 6.45) is 5.22. The van der Waals surface area contributed by atoms with Gasteiger partial charge in [0.25, 0.3) is 10.0 Å². The van der Waals surface area contributed by atoms with Gasteiger partial charge in [-0.15, -0.1) is 0 Å². The van der Waals surface area contributed by atoms with Gasteiger partial charge in [0, 0.05) is 29.1 Å². The molecule has 47 heavy (non-hydrogen) atoms. The van der Waals surface area contributed by atoms with E-state index < -0.39 is 28.5 Å². The van der Waals surface area contributed by atoms with E-state index in [-0.39, 0.29) is 35.5 Å². The average Bonchev–Trinajstić information content (AvgIpc) is 3.08. The molecule has 1 saturated carbocycles. The van der Waals surface area contributed by atoms with E-state index in [0.29, 0.717) is 15.6 Å². The van der Waals surface area contributed by atoms with Crippen LogP contribution in [0.5, 0.6) is 0 Å². The van der Waals surface area contributed by atoms with Gasteiger partial charge in [0.15, 0.2) is 0 Å². The van der Waals surface area contributed by atoms with Crippen molar-refractivity contribution in [2.75, 3.05) is 10.8 Å². The maximum atomic E-state index is 14.7. The number of carbonyl (C=O) groups excluding carboxylic acids is 2. The molecule has 0 aliphatic heterocycles. The molecule has 0 bridgehead atoms. The van der Waals surface area contributed by atoms with Gasteiger partial charge in [0.2, 0.25) is 11.8 Å². The van der Waals surface area contributed by atoms with Gasteiger partial charge in [-0.2, -0.15) is 0 Å². The Kier molecular flexibility index (Phi) is 11.6. The van der Waals surface area contributed by atoms with Crippen molar-refractivity contribution in [2.45, 2.75) is 69.0 Å². The minimum Gasteiger partial charge on any atom is -0.352 e. The van der Waals surface area contributed by atoms with Crippen molar-refractivity contribution in [3.05, 3.63) is 130 Å². The van der Waals surface area contributed by atoms with Crippen molar-refractivity contribution in [3.63, 3.8) is 0 Å². The first-order valence-corrected chi connectivity index (χ1v) is 18.0. The van der Waals surface area contributed by atoms with Crippen molar-refractivity contribution in [3.8, 4) is 0 Å². The quantitative estimate of drug-likeness (QED) is 0.166. The van der Waals surface area contributed by atoms with Crippen LogP contribution in [0.2, 0.25) is 10.0 Å². The standard InChI is InChI=1S/C37H39Cl2N3O4S/c1-27-17-20-31(39)24-34(27)42(47(45,46)33-15-9-4-10-16-33)26-36(43)41(25-29-18-21-30(38)22-19-29)35(23-28-11-5-2-6-12-28)37(44)40-32-13-7-3-8-14-32/h2,4-6,9-12,15-22,24,32,35H,3,7-8,13-14,23,25-26H2,1H3,(H,40,44)/t35-/m1/s1. The molecule has 10 heteroatoms. The summed E-state index contributed by atoms with van der Waals surface area (Å²) in [6, 6.07) is 28.6. The van der Waals surface area contributed by atoms with E-state index in [2.05, 4.69) is 5.32 Å². The summed E-state index contributed by atoms with van der Waals surface area (Å²) in [5, 5.41) is 4.10. The normalized spacial score (nSPS) is 14.3. The number of nitrogens with zero attached hydrogens (tertiary/aromatic N) is 2. The summed E-state index contributed by atoms with van der Waals surface area (Å²) in [4.78, 5) is 30.4. The number of amides is 2. The Morgan fingerprint density at radius 1 is 0.809 bits per heavy atom. The molecule has 0 aromatic heterocycles. The molecule has 1 atom stereocenters. The molecule has 0 spiro atoms. The highest BCUT2D eigenvalue weighted by molar-refractivity contribution is 7.92. The Labute approximate surface area is 287 Å². The Hall–Kier alpha value is -3.85. The highest BCUT2D eigenvalue weighted by atomic mass is 35.5. The summed E-state index contributed by atoms with van der Waals surface area (Å²) in [5.41, 5.74) is 2.54. The number of aryl methyl sites for hydroxylation is 1. The van der Waals surface area contributed by atoms with Crippen molar-refractivity contribution < 1.29 is 18.0 Å². The summed E-state index contributed by atoms with van der Waals surface area (Å²) >= 11 is 12.6. The molecule has 5 rings (SSSR count). The zero-order valence-corrected chi connectivity index (χ0v) is 28.6.